The Morgan fingerprint density at radius 1 is 1.04 bits per heavy atom. The van der Waals surface area contributed by atoms with Gasteiger partial charge in [-0.2, -0.15) is 4.98 Å². The Kier molecular flexibility index (Phi) is 2.89. The number of hydrogen-bond donors (Lipinski definition) is 0. The van der Waals surface area contributed by atoms with Gasteiger partial charge in [0, 0.05) is 19.0 Å². The van der Waals surface area contributed by atoms with E-state index < -0.39 is 0 Å². The van der Waals surface area contributed by atoms with Gasteiger partial charge < -0.3 is 13.8 Å². The summed E-state index contributed by atoms with van der Waals surface area (Å²) in [5.41, 5.74) is 1.78. The van der Waals surface area contributed by atoms with Crippen molar-refractivity contribution in [3.05, 3.63) is 36.0 Å². The van der Waals surface area contributed by atoms with Gasteiger partial charge >= 0.3 is 6.01 Å². The van der Waals surface area contributed by atoms with Crippen LogP contribution in [0, 0.1) is 0 Å². The highest BCUT2D eigenvalue weighted by molar-refractivity contribution is 5.72. The molecule has 3 aromatic rings. The maximum Gasteiger partial charge on any atom is 0.324 e. The summed E-state index contributed by atoms with van der Waals surface area (Å²) < 4.78 is 11.4. The van der Waals surface area contributed by atoms with E-state index in [4.69, 9.17) is 8.94 Å². The van der Waals surface area contributed by atoms with Crippen LogP contribution in [0.1, 0.15) is 49.2 Å². The first-order chi connectivity index (χ1) is 11.4. The Labute approximate surface area is 133 Å². The van der Waals surface area contributed by atoms with E-state index >= 15 is 0 Å². The van der Waals surface area contributed by atoms with Crippen LogP contribution in [0.25, 0.3) is 11.1 Å². The van der Waals surface area contributed by atoms with E-state index in [2.05, 4.69) is 20.0 Å². The van der Waals surface area contributed by atoms with Crippen LogP contribution >= 0.6 is 0 Å². The SMILES string of the molecule is c1ccc2oc([C@H]3CCCN(c4nc(C5CC5)no4)C3)nc2c1. The summed E-state index contributed by atoms with van der Waals surface area (Å²) in [6, 6.07) is 8.56. The summed E-state index contributed by atoms with van der Waals surface area (Å²) in [6.07, 6.45) is 4.52. The second kappa shape index (κ2) is 5.08. The molecule has 1 atom stereocenters. The van der Waals surface area contributed by atoms with Crippen molar-refractivity contribution in [3.8, 4) is 0 Å². The fourth-order valence-corrected chi connectivity index (χ4v) is 3.28. The Morgan fingerprint density at radius 2 is 1.96 bits per heavy atom. The third-order valence-corrected chi connectivity index (χ3v) is 4.73. The Bertz CT molecular complexity index is 803. The highest BCUT2D eigenvalue weighted by Crippen LogP contribution is 2.39. The van der Waals surface area contributed by atoms with Crippen LogP contribution < -0.4 is 4.90 Å². The van der Waals surface area contributed by atoms with Crippen LogP contribution in [0.2, 0.25) is 0 Å². The van der Waals surface area contributed by atoms with Gasteiger partial charge in [0.2, 0.25) is 0 Å². The summed E-state index contributed by atoms with van der Waals surface area (Å²) in [5, 5.41) is 4.12. The lowest BCUT2D eigenvalue weighted by molar-refractivity contribution is 0.369. The molecule has 1 saturated carbocycles. The van der Waals surface area contributed by atoms with Crippen molar-refractivity contribution in [1.82, 2.24) is 15.1 Å². The van der Waals surface area contributed by atoms with Gasteiger partial charge in [0.1, 0.15) is 5.52 Å². The second-order valence-corrected chi connectivity index (χ2v) is 6.51. The first-order valence-electron chi connectivity index (χ1n) is 8.31. The highest BCUT2D eigenvalue weighted by Gasteiger charge is 2.32. The smallest absolute Gasteiger partial charge is 0.324 e. The molecule has 0 amide bonds. The average molecular weight is 310 g/mol. The van der Waals surface area contributed by atoms with E-state index in [9.17, 15) is 0 Å². The molecule has 5 rings (SSSR count). The van der Waals surface area contributed by atoms with Gasteiger partial charge in [-0.25, -0.2) is 4.98 Å². The Balaban J connectivity index is 1.38. The van der Waals surface area contributed by atoms with Gasteiger partial charge in [0.15, 0.2) is 17.3 Å². The van der Waals surface area contributed by atoms with Gasteiger partial charge in [-0.15, -0.1) is 0 Å². The number of fused-ring (bicyclic) bond motifs is 1. The molecular formula is C17H18N4O2. The van der Waals surface area contributed by atoms with Crippen molar-refractivity contribution in [2.24, 2.45) is 0 Å². The standard InChI is InChI=1S/C17H18N4O2/c1-2-6-14-13(5-1)18-16(22-14)12-4-3-9-21(10-12)17-19-15(20-23-17)11-7-8-11/h1-2,5-6,11-12H,3-4,7-10H2/t12-/m0/s1. The fraction of sp³-hybridized carbons (Fsp3) is 0.471. The number of benzene rings is 1. The molecule has 6 nitrogen and oxygen atoms in total. The number of hydrogen-bond acceptors (Lipinski definition) is 6. The monoisotopic (exact) mass is 310 g/mol. The molecule has 118 valence electrons. The summed E-state index contributed by atoms with van der Waals surface area (Å²) in [4.78, 5) is 11.4. The number of nitrogens with zero attached hydrogens (tertiary/aromatic N) is 4. The summed E-state index contributed by atoms with van der Waals surface area (Å²) in [6.45, 7) is 1.77. The molecule has 1 aromatic carbocycles. The van der Waals surface area contributed by atoms with Crippen LogP contribution in [0.3, 0.4) is 0 Å². The third-order valence-electron chi connectivity index (χ3n) is 4.73. The van der Waals surface area contributed by atoms with E-state index in [1.165, 1.54) is 12.8 Å². The number of anilines is 1. The largest absolute Gasteiger partial charge is 0.440 e. The topological polar surface area (TPSA) is 68.2 Å². The van der Waals surface area contributed by atoms with Gasteiger partial charge in [0.05, 0.1) is 5.92 Å². The molecule has 2 aliphatic rings. The zero-order valence-corrected chi connectivity index (χ0v) is 12.8. The molecule has 2 fully saturated rings. The van der Waals surface area contributed by atoms with Crippen molar-refractivity contribution in [1.29, 1.82) is 0 Å². The zero-order chi connectivity index (χ0) is 15.2. The molecule has 0 N–H and O–H groups in total. The minimum absolute atomic E-state index is 0.271. The molecule has 0 unspecified atom stereocenters. The molecule has 3 heterocycles. The summed E-state index contributed by atoms with van der Waals surface area (Å²) in [7, 11) is 0. The molecule has 1 saturated heterocycles. The van der Waals surface area contributed by atoms with E-state index in [1.807, 2.05) is 24.3 Å². The van der Waals surface area contributed by atoms with Crippen LogP contribution in [-0.4, -0.2) is 28.2 Å². The van der Waals surface area contributed by atoms with Gasteiger partial charge in [-0.1, -0.05) is 17.3 Å². The highest BCUT2D eigenvalue weighted by atomic mass is 16.5. The molecule has 0 spiro atoms. The molecule has 0 bridgehead atoms. The molecular weight excluding hydrogens is 292 g/mol. The van der Waals surface area contributed by atoms with Crippen LogP contribution in [0.4, 0.5) is 6.01 Å². The van der Waals surface area contributed by atoms with E-state index in [-0.39, 0.29) is 5.92 Å². The third kappa shape index (κ3) is 2.38. The maximum atomic E-state index is 5.94. The molecule has 1 aliphatic heterocycles. The first kappa shape index (κ1) is 13.1. The lowest BCUT2D eigenvalue weighted by Gasteiger charge is -2.29. The van der Waals surface area contributed by atoms with Crippen LogP contribution in [0.15, 0.2) is 33.2 Å². The lowest BCUT2D eigenvalue weighted by atomic mass is 9.98. The number of rotatable bonds is 3. The molecule has 23 heavy (non-hydrogen) atoms. The van der Waals surface area contributed by atoms with Crippen molar-refractivity contribution in [2.75, 3.05) is 18.0 Å². The average Bonchev–Trinajstić information content (AvgIpc) is 3.17. The number of para-hydroxylation sites is 2. The zero-order valence-electron chi connectivity index (χ0n) is 12.8. The van der Waals surface area contributed by atoms with Crippen LogP contribution in [0.5, 0.6) is 0 Å². The predicted octanol–water partition coefficient (Wildman–Crippen LogP) is 3.47. The van der Waals surface area contributed by atoms with Gasteiger partial charge in [-0.3, -0.25) is 0 Å². The second-order valence-electron chi connectivity index (χ2n) is 6.51. The van der Waals surface area contributed by atoms with Crippen molar-refractivity contribution < 1.29 is 8.94 Å². The van der Waals surface area contributed by atoms with Gasteiger partial charge in [0.25, 0.3) is 0 Å². The first-order valence-corrected chi connectivity index (χ1v) is 8.31. The van der Waals surface area contributed by atoms with Crippen molar-refractivity contribution >= 4 is 17.1 Å². The summed E-state index contributed by atoms with van der Waals surface area (Å²) in [5.74, 6) is 2.47. The number of oxazole rings is 1. The Morgan fingerprint density at radius 3 is 2.83 bits per heavy atom. The van der Waals surface area contributed by atoms with Crippen molar-refractivity contribution in [2.45, 2.75) is 37.5 Å². The number of piperidine rings is 1. The number of aromatic nitrogens is 3. The summed E-state index contributed by atoms with van der Waals surface area (Å²) >= 11 is 0. The predicted molar refractivity (Wildman–Crippen MR) is 84.5 cm³/mol. The van der Waals surface area contributed by atoms with E-state index in [0.29, 0.717) is 11.9 Å². The minimum Gasteiger partial charge on any atom is -0.440 e. The lowest BCUT2D eigenvalue weighted by Crippen LogP contribution is -2.34. The minimum atomic E-state index is 0.271. The van der Waals surface area contributed by atoms with E-state index in [0.717, 1.165) is 48.7 Å². The van der Waals surface area contributed by atoms with Gasteiger partial charge in [-0.05, 0) is 37.8 Å². The molecule has 0 radical (unpaired) electrons. The van der Waals surface area contributed by atoms with E-state index in [1.54, 1.807) is 0 Å². The van der Waals surface area contributed by atoms with Crippen LogP contribution in [-0.2, 0) is 0 Å². The quantitative estimate of drug-likeness (QED) is 0.738. The Hall–Kier alpha value is -2.37. The molecule has 1 aliphatic carbocycles. The van der Waals surface area contributed by atoms with Crippen molar-refractivity contribution in [3.63, 3.8) is 0 Å². The molecule has 6 heteroatoms. The maximum absolute atomic E-state index is 5.94. The normalized spacial score (nSPS) is 21.9. The fourth-order valence-electron chi connectivity index (χ4n) is 3.28. The molecule has 2 aromatic heterocycles.